The largest absolute Gasteiger partial charge is 0.480 e. The minimum absolute atomic E-state index is 0.153. The Kier molecular flexibility index (Phi) is 4.63. The molecule has 1 aromatic rings. The molecule has 0 heterocycles. The molecular formula is C13H18FNO2. The van der Waals surface area contributed by atoms with E-state index in [1.165, 1.54) is 12.1 Å². The minimum atomic E-state index is -1.30. The van der Waals surface area contributed by atoms with Crippen LogP contribution in [-0.4, -0.2) is 16.6 Å². The van der Waals surface area contributed by atoms with Crippen molar-refractivity contribution < 1.29 is 14.3 Å². The van der Waals surface area contributed by atoms with Crippen molar-refractivity contribution >= 4 is 5.97 Å². The maximum Gasteiger partial charge on any atom is 0.324 e. The van der Waals surface area contributed by atoms with Gasteiger partial charge >= 0.3 is 5.97 Å². The van der Waals surface area contributed by atoms with E-state index in [4.69, 9.17) is 5.73 Å². The summed E-state index contributed by atoms with van der Waals surface area (Å²) >= 11 is 0. The first-order valence-electron chi connectivity index (χ1n) is 5.74. The van der Waals surface area contributed by atoms with E-state index in [1.54, 1.807) is 12.1 Å². The van der Waals surface area contributed by atoms with Crippen LogP contribution in [0.25, 0.3) is 0 Å². The van der Waals surface area contributed by atoms with Gasteiger partial charge in [-0.05, 0) is 24.1 Å². The zero-order valence-electron chi connectivity index (χ0n) is 9.95. The van der Waals surface area contributed by atoms with Gasteiger partial charge in [0.05, 0.1) is 0 Å². The van der Waals surface area contributed by atoms with E-state index < -0.39 is 11.5 Å². The monoisotopic (exact) mass is 239 g/mol. The van der Waals surface area contributed by atoms with Crippen molar-refractivity contribution in [2.75, 3.05) is 0 Å². The molecule has 0 amide bonds. The Bertz CT molecular complexity index is 395. The van der Waals surface area contributed by atoms with Crippen LogP contribution in [0.3, 0.4) is 0 Å². The number of nitrogens with two attached hydrogens (primary N) is 1. The summed E-state index contributed by atoms with van der Waals surface area (Å²) in [6, 6.07) is 5.91. The van der Waals surface area contributed by atoms with Crippen LogP contribution in [0.1, 0.15) is 31.7 Å². The number of benzene rings is 1. The molecule has 1 unspecified atom stereocenters. The molecule has 0 aromatic heterocycles. The van der Waals surface area contributed by atoms with E-state index in [2.05, 4.69) is 0 Å². The summed E-state index contributed by atoms with van der Waals surface area (Å²) in [6.07, 6.45) is 2.18. The lowest BCUT2D eigenvalue weighted by Crippen LogP contribution is -2.49. The summed E-state index contributed by atoms with van der Waals surface area (Å²) in [5, 5.41) is 9.17. The van der Waals surface area contributed by atoms with Gasteiger partial charge < -0.3 is 10.8 Å². The number of unbranched alkanes of at least 4 members (excludes halogenated alkanes) is 1. The number of hydrogen-bond donors (Lipinski definition) is 2. The molecule has 0 aliphatic carbocycles. The Morgan fingerprint density at radius 2 is 2.24 bits per heavy atom. The fourth-order valence-electron chi connectivity index (χ4n) is 1.77. The molecule has 0 aliphatic heterocycles. The van der Waals surface area contributed by atoms with Crippen LogP contribution in [0, 0.1) is 5.82 Å². The highest BCUT2D eigenvalue weighted by atomic mass is 19.1. The molecule has 0 fully saturated rings. The van der Waals surface area contributed by atoms with Gasteiger partial charge in [0, 0.05) is 6.42 Å². The molecule has 1 aromatic carbocycles. The molecule has 0 saturated carbocycles. The predicted octanol–water partition coefficient (Wildman–Crippen LogP) is 2.34. The Hall–Kier alpha value is -1.42. The predicted molar refractivity (Wildman–Crippen MR) is 64.2 cm³/mol. The van der Waals surface area contributed by atoms with Crippen molar-refractivity contribution in [2.45, 2.75) is 38.1 Å². The molecule has 3 N–H and O–H groups in total. The second kappa shape index (κ2) is 5.77. The molecule has 0 saturated heterocycles. The lowest BCUT2D eigenvalue weighted by molar-refractivity contribution is -0.143. The van der Waals surface area contributed by atoms with Gasteiger partial charge in [-0.25, -0.2) is 4.39 Å². The highest BCUT2D eigenvalue weighted by Crippen LogP contribution is 2.19. The van der Waals surface area contributed by atoms with Crippen LogP contribution >= 0.6 is 0 Å². The van der Waals surface area contributed by atoms with Crippen LogP contribution in [0.2, 0.25) is 0 Å². The van der Waals surface area contributed by atoms with E-state index in [-0.39, 0.29) is 12.2 Å². The summed E-state index contributed by atoms with van der Waals surface area (Å²) in [5.74, 6) is -1.40. The molecule has 0 radical (unpaired) electrons. The molecule has 0 aliphatic rings. The van der Waals surface area contributed by atoms with Crippen LogP contribution in [0.5, 0.6) is 0 Å². The van der Waals surface area contributed by atoms with Crippen molar-refractivity contribution in [3.05, 3.63) is 35.6 Å². The third-order valence-corrected chi connectivity index (χ3v) is 2.81. The maximum atomic E-state index is 13.0. The van der Waals surface area contributed by atoms with E-state index in [0.29, 0.717) is 12.0 Å². The fraction of sp³-hybridized carbons (Fsp3) is 0.462. The first kappa shape index (κ1) is 13.6. The summed E-state index contributed by atoms with van der Waals surface area (Å²) < 4.78 is 13.0. The molecule has 1 rings (SSSR count). The number of carbonyl (C=O) groups is 1. The molecule has 4 heteroatoms. The summed E-state index contributed by atoms with van der Waals surface area (Å²) in [5.41, 5.74) is 5.20. The zero-order valence-corrected chi connectivity index (χ0v) is 9.95. The molecule has 17 heavy (non-hydrogen) atoms. The maximum absolute atomic E-state index is 13.0. The van der Waals surface area contributed by atoms with Crippen LogP contribution in [0.15, 0.2) is 24.3 Å². The normalized spacial score (nSPS) is 14.3. The summed E-state index contributed by atoms with van der Waals surface area (Å²) in [4.78, 5) is 11.2. The first-order chi connectivity index (χ1) is 7.98. The van der Waals surface area contributed by atoms with E-state index in [1.807, 2.05) is 6.92 Å². The molecule has 0 bridgehead atoms. The SMILES string of the molecule is CCCCC(N)(Cc1cccc(F)c1)C(=O)O. The average Bonchev–Trinajstić information content (AvgIpc) is 2.26. The number of aliphatic carboxylic acids is 1. The second-order valence-electron chi connectivity index (χ2n) is 4.37. The zero-order chi connectivity index (χ0) is 12.9. The van der Waals surface area contributed by atoms with Crippen molar-refractivity contribution in [3.63, 3.8) is 0 Å². The van der Waals surface area contributed by atoms with Gasteiger partial charge in [0.15, 0.2) is 0 Å². The molecule has 1 atom stereocenters. The molecule has 0 spiro atoms. The Balaban J connectivity index is 2.83. The Morgan fingerprint density at radius 1 is 1.53 bits per heavy atom. The third kappa shape index (κ3) is 3.82. The van der Waals surface area contributed by atoms with Gasteiger partial charge in [0.2, 0.25) is 0 Å². The highest BCUT2D eigenvalue weighted by molar-refractivity contribution is 5.78. The number of carboxylic acids is 1. The van der Waals surface area contributed by atoms with Crippen molar-refractivity contribution in [2.24, 2.45) is 5.73 Å². The summed E-state index contributed by atoms with van der Waals surface area (Å²) in [6.45, 7) is 1.98. The highest BCUT2D eigenvalue weighted by Gasteiger charge is 2.33. The van der Waals surface area contributed by atoms with Gasteiger partial charge in [-0.3, -0.25) is 4.79 Å². The van der Waals surface area contributed by atoms with Crippen molar-refractivity contribution in [3.8, 4) is 0 Å². The minimum Gasteiger partial charge on any atom is -0.480 e. The lowest BCUT2D eigenvalue weighted by Gasteiger charge is -2.24. The molecular weight excluding hydrogens is 221 g/mol. The topological polar surface area (TPSA) is 63.3 Å². The van der Waals surface area contributed by atoms with Gasteiger partial charge in [-0.2, -0.15) is 0 Å². The smallest absolute Gasteiger partial charge is 0.324 e. The molecule has 94 valence electrons. The number of hydrogen-bond acceptors (Lipinski definition) is 2. The number of halogens is 1. The van der Waals surface area contributed by atoms with Crippen molar-refractivity contribution in [1.29, 1.82) is 0 Å². The third-order valence-electron chi connectivity index (χ3n) is 2.81. The Morgan fingerprint density at radius 3 is 2.76 bits per heavy atom. The van der Waals surface area contributed by atoms with Crippen LogP contribution in [0.4, 0.5) is 4.39 Å². The molecule has 3 nitrogen and oxygen atoms in total. The standard InChI is InChI=1S/C13H18FNO2/c1-2-3-7-13(15,12(16)17)9-10-5-4-6-11(14)8-10/h4-6,8H,2-3,7,9,15H2,1H3,(H,16,17). The van der Waals surface area contributed by atoms with E-state index in [9.17, 15) is 14.3 Å². The van der Waals surface area contributed by atoms with Gasteiger partial charge in [-0.1, -0.05) is 31.9 Å². The lowest BCUT2D eigenvalue weighted by atomic mass is 9.87. The second-order valence-corrected chi connectivity index (χ2v) is 4.37. The first-order valence-corrected chi connectivity index (χ1v) is 5.74. The summed E-state index contributed by atoms with van der Waals surface area (Å²) in [7, 11) is 0. The van der Waals surface area contributed by atoms with Crippen LogP contribution < -0.4 is 5.73 Å². The number of rotatable bonds is 6. The quantitative estimate of drug-likeness (QED) is 0.800. The average molecular weight is 239 g/mol. The van der Waals surface area contributed by atoms with Crippen molar-refractivity contribution in [1.82, 2.24) is 0 Å². The number of carboxylic acid groups (broad SMARTS) is 1. The van der Waals surface area contributed by atoms with E-state index >= 15 is 0 Å². The fourth-order valence-corrected chi connectivity index (χ4v) is 1.77. The Labute approximate surface area is 100 Å². The van der Waals surface area contributed by atoms with Crippen LogP contribution in [-0.2, 0) is 11.2 Å². The van der Waals surface area contributed by atoms with Gasteiger partial charge in [0.1, 0.15) is 11.4 Å². The van der Waals surface area contributed by atoms with E-state index in [0.717, 1.165) is 12.8 Å². The van der Waals surface area contributed by atoms with Gasteiger partial charge in [-0.15, -0.1) is 0 Å². The van der Waals surface area contributed by atoms with Gasteiger partial charge in [0.25, 0.3) is 0 Å².